The summed E-state index contributed by atoms with van der Waals surface area (Å²) in [5.74, 6) is 0. The Labute approximate surface area is 168 Å². The maximum absolute atomic E-state index is 4.15. The summed E-state index contributed by atoms with van der Waals surface area (Å²) in [5, 5.41) is 2.41. The van der Waals surface area contributed by atoms with Crippen LogP contribution in [0.2, 0.25) is 0 Å². The van der Waals surface area contributed by atoms with Gasteiger partial charge in [-0.25, -0.2) is 0 Å². The third-order valence-electron chi connectivity index (χ3n) is 4.50. The molecule has 1 aromatic heterocycles. The van der Waals surface area contributed by atoms with Crippen molar-refractivity contribution < 1.29 is 4.57 Å². The molecule has 27 heavy (non-hydrogen) atoms. The highest BCUT2D eigenvalue weighted by Crippen LogP contribution is 2.49. The summed E-state index contributed by atoms with van der Waals surface area (Å²) >= 11 is 3.60. The predicted octanol–water partition coefficient (Wildman–Crippen LogP) is 6.03. The number of hydrogen-bond donors (Lipinski definition) is 0. The normalized spacial score (nSPS) is 14.9. The van der Waals surface area contributed by atoms with Crippen LogP contribution in [0.1, 0.15) is 5.01 Å². The van der Waals surface area contributed by atoms with E-state index in [0.717, 1.165) is 18.7 Å². The maximum atomic E-state index is 4.15. The smallest absolute Gasteiger partial charge is 0.273 e. The van der Waals surface area contributed by atoms with Gasteiger partial charge in [-0.05, 0) is 24.3 Å². The zero-order valence-corrected chi connectivity index (χ0v) is 16.7. The van der Waals surface area contributed by atoms with E-state index in [1.807, 2.05) is 18.2 Å². The van der Waals surface area contributed by atoms with Crippen molar-refractivity contribution in [2.45, 2.75) is 11.4 Å². The summed E-state index contributed by atoms with van der Waals surface area (Å²) in [7, 11) is 0. The average molecular weight is 390 g/mol. The van der Waals surface area contributed by atoms with Crippen LogP contribution in [-0.2, 0) is 6.54 Å². The Bertz CT molecular complexity index is 1070. The summed E-state index contributed by atoms with van der Waals surface area (Å²) in [6.07, 6.45) is 5.88. The van der Waals surface area contributed by atoms with E-state index < -0.39 is 0 Å². The van der Waals surface area contributed by atoms with Crippen molar-refractivity contribution in [2.75, 3.05) is 11.4 Å². The van der Waals surface area contributed by atoms with Gasteiger partial charge in [-0.1, -0.05) is 72.7 Å². The molecule has 134 valence electrons. The lowest BCUT2D eigenvalue weighted by molar-refractivity contribution is -0.658. The number of thioether (sulfide) groups is 1. The highest BCUT2D eigenvalue weighted by atomic mass is 32.2. The van der Waals surface area contributed by atoms with E-state index in [9.17, 15) is 0 Å². The van der Waals surface area contributed by atoms with Gasteiger partial charge in [0.15, 0.2) is 6.54 Å². The van der Waals surface area contributed by atoms with E-state index in [1.54, 1.807) is 23.1 Å². The number of thiazole rings is 1. The maximum Gasteiger partial charge on any atom is 0.273 e. The largest absolute Gasteiger partial charge is 0.330 e. The van der Waals surface area contributed by atoms with Crippen molar-refractivity contribution >= 4 is 44.6 Å². The van der Waals surface area contributed by atoms with Gasteiger partial charge in [-0.2, -0.15) is 4.57 Å². The molecule has 0 fully saturated rings. The average Bonchev–Trinajstić information content (AvgIpc) is 3.23. The minimum Gasteiger partial charge on any atom is -0.330 e. The Morgan fingerprint density at radius 2 is 1.78 bits per heavy atom. The Morgan fingerprint density at radius 1 is 1.00 bits per heavy atom. The molecule has 0 bridgehead atoms. The number of anilines is 1. The predicted molar refractivity (Wildman–Crippen MR) is 119 cm³/mol. The summed E-state index contributed by atoms with van der Waals surface area (Å²) < 4.78 is 3.59. The van der Waals surface area contributed by atoms with Gasteiger partial charge in [0.2, 0.25) is 5.52 Å². The Hall–Kier alpha value is -2.56. The fourth-order valence-corrected chi connectivity index (χ4v) is 5.84. The van der Waals surface area contributed by atoms with E-state index >= 15 is 0 Å². The number of hydrogen-bond acceptors (Lipinski definition) is 3. The molecule has 4 heteroatoms. The Morgan fingerprint density at radius 3 is 2.56 bits per heavy atom. The van der Waals surface area contributed by atoms with Crippen LogP contribution in [0, 0.1) is 0 Å². The Kier molecular flexibility index (Phi) is 5.01. The Balaban J connectivity index is 1.95. The minimum atomic E-state index is 0.767. The first-order valence-corrected chi connectivity index (χ1v) is 10.5. The van der Waals surface area contributed by atoms with Crippen LogP contribution in [0.25, 0.3) is 15.8 Å². The third-order valence-corrected chi connectivity index (χ3v) is 6.90. The SMILES string of the molecule is C=CCN1C(=C(C=C)c2sc3ccccc3[n+]2CC=C)Sc2ccccc21. The molecular formula is C23H21N2S2+. The first-order chi connectivity index (χ1) is 13.3. The van der Waals surface area contributed by atoms with Gasteiger partial charge < -0.3 is 4.90 Å². The molecular weight excluding hydrogens is 368 g/mol. The van der Waals surface area contributed by atoms with Crippen molar-refractivity contribution in [1.29, 1.82) is 0 Å². The van der Waals surface area contributed by atoms with Crippen LogP contribution in [-0.4, -0.2) is 6.54 Å². The highest BCUT2D eigenvalue weighted by Gasteiger charge is 2.31. The van der Waals surface area contributed by atoms with Crippen LogP contribution < -0.4 is 9.47 Å². The standard InChI is InChI=1S/C23H21N2S2/c1-4-15-24-18-11-7-9-13-20(18)26-22(24)17(6-3)23-25(16-5-2)19-12-8-10-14-21(19)27-23/h4-14H,1-3,15-16H2/q+1. The molecule has 0 unspecified atom stereocenters. The summed E-state index contributed by atoms with van der Waals surface area (Å²) in [6.45, 7) is 13.6. The van der Waals surface area contributed by atoms with Crippen LogP contribution >= 0.6 is 23.1 Å². The van der Waals surface area contributed by atoms with Crippen molar-refractivity contribution in [1.82, 2.24) is 0 Å². The lowest BCUT2D eigenvalue weighted by Gasteiger charge is -2.19. The van der Waals surface area contributed by atoms with Crippen LogP contribution in [0.5, 0.6) is 0 Å². The fraction of sp³-hybridized carbons (Fsp3) is 0.0870. The molecule has 0 amide bonds. The van der Waals surface area contributed by atoms with Crippen molar-refractivity contribution in [3.63, 3.8) is 0 Å². The highest BCUT2D eigenvalue weighted by molar-refractivity contribution is 8.04. The number of benzene rings is 2. The number of aromatic nitrogens is 1. The second-order valence-corrected chi connectivity index (χ2v) is 8.23. The van der Waals surface area contributed by atoms with Gasteiger partial charge in [0.05, 0.1) is 16.3 Å². The molecule has 0 atom stereocenters. The van der Waals surface area contributed by atoms with Crippen molar-refractivity contribution in [3.05, 3.63) is 96.5 Å². The first-order valence-electron chi connectivity index (χ1n) is 8.83. The van der Waals surface area contributed by atoms with Crippen molar-refractivity contribution in [2.24, 2.45) is 0 Å². The van der Waals surface area contributed by atoms with Crippen LogP contribution in [0.3, 0.4) is 0 Å². The van der Waals surface area contributed by atoms with Gasteiger partial charge in [0, 0.05) is 17.5 Å². The number of rotatable bonds is 6. The van der Waals surface area contributed by atoms with Gasteiger partial charge in [-0.15, -0.1) is 6.58 Å². The van der Waals surface area contributed by atoms with E-state index in [4.69, 9.17) is 0 Å². The molecule has 0 N–H and O–H groups in total. The van der Waals surface area contributed by atoms with E-state index in [1.165, 1.54) is 30.8 Å². The third kappa shape index (κ3) is 3.05. The van der Waals surface area contributed by atoms with E-state index in [-0.39, 0.29) is 0 Å². The van der Waals surface area contributed by atoms with Crippen molar-refractivity contribution in [3.8, 4) is 0 Å². The molecule has 1 aliphatic heterocycles. The molecule has 0 saturated heterocycles. The monoisotopic (exact) mass is 389 g/mol. The fourth-order valence-electron chi connectivity index (χ4n) is 3.36. The lowest BCUT2D eigenvalue weighted by Crippen LogP contribution is -2.35. The molecule has 0 aliphatic carbocycles. The second-order valence-electron chi connectivity index (χ2n) is 6.17. The second kappa shape index (κ2) is 7.59. The number of allylic oxidation sites excluding steroid dienone is 3. The molecule has 1 aliphatic rings. The zero-order chi connectivity index (χ0) is 18.8. The molecule has 4 rings (SSSR count). The van der Waals surface area contributed by atoms with E-state index in [2.05, 4.69) is 77.7 Å². The van der Waals surface area contributed by atoms with E-state index in [0.29, 0.717) is 0 Å². The van der Waals surface area contributed by atoms with Gasteiger partial charge >= 0.3 is 0 Å². The summed E-state index contributed by atoms with van der Waals surface area (Å²) in [5.41, 5.74) is 3.61. The van der Waals surface area contributed by atoms with Gasteiger partial charge in [-0.3, -0.25) is 0 Å². The minimum absolute atomic E-state index is 0.767. The molecule has 0 radical (unpaired) electrons. The topological polar surface area (TPSA) is 7.12 Å². The summed E-state index contributed by atoms with van der Waals surface area (Å²) in [6, 6.07) is 17.0. The molecule has 2 aromatic carbocycles. The van der Waals surface area contributed by atoms with Gasteiger partial charge in [0.25, 0.3) is 5.01 Å². The molecule has 2 nitrogen and oxygen atoms in total. The lowest BCUT2D eigenvalue weighted by atomic mass is 10.2. The first kappa shape index (κ1) is 17.8. The summed E-state index contributed by atoms with van der Waals surface area (Å²) in [4.78, 5) is 3.59. The number of fused-ring (bicyclic) bond motifs is 2. The number of para-hydroxylation sites is 2. The van der Waals surface area contributed by atoms with Crippen LogP contribution in [0.15, 0.2) is 96.4 Å². The molecule has 0 spiro atoms. The molecule has 3 aromatic rings. The number of nitrogens with zero attached hydrogens (tertiary/aromatic N) is 2. The van der Waals surface area contributed by atoms with Crippen LogP contribution in [0.4, 0.5) is 5.69 Å². The quantitative estimate of drug-likeness (QED) is 0.375. The molecule has 0 saturated carbocycles. The molecule has 2 heterocycles. The zero-order valence-electron chi connectivity index (χ0n) is 15.1. The van der Waals surface area contributed by atoms with Gasteiger partial charge in [0.1, 0.15) is 4.70 Å².